The summed E-state index contributed by atoms with van der Waals surface area (Å²) in [6, 6.07) is 0. The smallest absolute Gasteiger partial charge is 0.160 e. The van der Waals surface area contributed by atoms with Gasteiger partial charge < -0.3 is 9.53 Å². The van der Waals surface area contributed by atoms with Gasteiger partial charge in [-0.2, -0.15) is 0 Å². The molecule has 0 saturated carbocycles. The van der Waals surface area contributed by atoms with Crippen molar-refractivity contribution in [1.82, 2.24) is 0 Å². The molecule has 0 atom stereocenters. The lowest BCUT2D eigenvalue weighted by atomic mass is 10.2. The lowest BCUT2D eigenvalue weighted by molar-refractivity contribution is -0.118. The molecule has 0 N–H and O–H groups in total. The number of carbonyl (C=O) groups excluding carboxylic acids is 2. The van der Waals surface area contributed by atoms with Gasteiger partial charge >= 0.3 is 0 Å². The highest BCUT2D eigenvalue weighted by atomic mass is 16.5. The van der Waals surface area contributed by atoms with E-state index in [2.05, 4.69) is 6.58 Å². The Morgan fingerprint density at radius 3 is 2.29 bits per heavy atom. The molecule has 0 rings (SSSR count). The van der Waals surface area contributed by atoms with E-state index in [0.29, 0.717) is 31.6 Å². The summed E-state index contributed by atoms with van der Waals surface area (Å²) >= 11 is 0. The zero-order valence-corrected chi connectivity index (χ0v) is 8.97. The fourth-order valence-electron chi connectivity index (χ4n) is 0.903. The standard InChI is InChI=1S/C11H18O3/c1-9(2)11(13)6-8-14-7-4-5-10(3)12/h1,4-8H2,2-3H3. The molecular formula is C11H18O3. The van der Waals surface area contributed by atoms with Crippen LogP contribution in [0.5, 0.6) is 0 Å². The van der Waals surface area contributed by atoms with Crippen LogP contribution in [0.1, 0.15) is 33.1 Å². The van der Waals surface area contributed by atoms with E-state index >= 15 is 0 Å². The molecule has 0 heterocycles. The van der Waals surface area contributed by atoms with Gasteiger partial charge in [0.05, 0.1) is 6.61 Å². The molecular weight excluding hydrogens is 180 g/mol. The molecule has 0 aromatic rings. The Hall–Kier alpha value is -0.960. The van der Waals surface area contributed by atoms with Crippen LogP contribution in [0.15, 0.2) is 12.2 Å². The third-order valence-electron chi connectivity index (χ3n) is 1.77. The molecule has 0 saturated heterocycles. The highest BCUT2D eigenvalue weighted by Crippen LogP contribution is 1.97. The Balaban J connectivity index is 3.26. The molecule has 3 nitrogen and oxygen atoms in total. The number of Topliss-reactive ketones (excluding diaryl/α,β-unsaturated/α-hetero) is 2. The van der Waals surface area contributed by atoms with Crippen LogP contribution in [-0.4, -0.2) is 24.8 Å². The maximum Gasteiger partial charge on any atom is 0.160 e. The van der Waals surface area contributed by atoms with E-state index in [1.54, 1.807) is 13.8 Å². The molecule has 0 fully saturated rings. The molecule has 0 radical (unpaired) electrons. The molecule has 80 valence electrons. The lowest BCUT2D eigenvalue weighted by Crippen LogP contribution is -2.06. The quantitative estimate of drug-likeness (QED) is 0.442. The normalized spacial score (nSPS) is 9.86. The summed E-state index contributed by atoms with van der Waals surface area (Å²) in [5.74, 6) is 0.211. The van der Waals surface area contributed by atoms with Crippen molar-refractivity contribution in [3.8, 4) is 0 Å². The zero-order chi connectivity index (χ0) is 11.0. The Morgan fingerprint density at radius 2 is 1.79 bits per heavy atom. The maximum atomic E-state index is 11.1. The molecule has 0 bridgehead atoms. The summed E-state index contributed by atoms with van der Waals surface area (Å²) in [6.45, 7) is 7.76. The predicted molar refractivity (Wildman–Crippen MR) is 55.2 cm³/mol. The molecule has 0 unspecified atom stereocenters. The van der Waals surface area contributed by atoms with E-state index < -0.39 is 0 Å². The van der Waals surface area contributed by atoms with Crippen LogP contribution in [0, 0.1) is 0 Å². The van der Waals surface area contributed by atoms with Crippen molar-refractivity contribution in [3.63, 3.8) is 0 Å². The second-order valence-electron chi connectivity index (χ2n) is 3.37. The fraction of sp³-hybridized carbons (Fsp3) is 0.636. The lowest BCUT2D eigenvalue weighted by Gasteiger charge is -2.02. The van der Waals surface area contributed by atoms with Crippen molar-refractivity contribution in [1.29, 1.82) is 0 Å². The van der Waals surface area contributed by atoms with Crippen LogP contribution in [0.4, 0.5) is 0 Å². The first-order valence-corrected chi connectivity index (χ1v) is 4.80. The van der Waals surface area contributed by atoms with E-state index in [9.17, 15) is 9.59 Å². The van der Waals surface area contributed by atoms with Gasteiger partial charge in [-0.15, -0.1) is 0 Å². The average Bonchev–Trinajstić information content (AvgIpc) is 2.09. The number of allylic oxidation sites excluding steroid dienone is 1. The number of hydrogen-bond acceptors (Lipinski definition) is 3. The first-order chi connectivity index (χ1) is 6.54. The molecule has 0 aliphatic rings. The fourth-order valence-corrected chi connectivity index (χ4v) is 0.903. The van der Waals surface area contributed by atoms with Crippen LogP contribution in [0.2, 0.25) is 0 Å². The van der Waals surface area contributed by atoms with Crippen molar-refractivity contribution < 1.29 is 14.3 Å². The van der Waals surface area contributed by atoms with Crippen molar-refractivity contribution in [2.45, 2.75) is 33.1 Å². The number of ether oxygens (including phenoxy) is 1. The van der Waals surface area contributed by atoms with Crippen LogP contribution in [0.3, 0.4) is 0 Å². The van der Waals surface area contributed by atoms with Gasteiger partial charge in [0.15, 0.2) is 5.78 Å². The number of ketones is 2. The molecule has 0 aromatic heterocycles. The van der Waals surface area contributed by atoms with Gasteiger partial charge in [0.1, 0.15) is 5.78 Å². The Kier molecular flexibility index (Phi) is 6.93. The third kappa shape index (κ3) is 7.68. The summed E-state index contributed by atoms with van der Waals surface area (Å²) in [5.41, 5.74) is 0.567. The largest absolute Gasteiger partial charge is 0.381 e. The van der Waals surface area contributed by atoms with Gasteiger partial charge in [-0.25, -0.2) is 0 Å². The van der Waals surface area contributed by atoms with E-state index in [1.165, 1.54) is 0 Å². The third-order valence-corrected chi connectivity index (χ3v) is 1.77. The second-order valence-corrected chi connectivity index (χ2v) is 3.37. The highest BCUT2D eigenvalue weighted by molar-refractivity contribution is 5.94. The Bertz CT molecular complexity index is 219. The molecule has 3 heteroatoms. The predicted octanol–water partition coefficient (Wildman–Crippen LogP) is 1.91. The first-order valence-electron chi connectivity index (χ1n) is 4.80. The van der Waals surface area contributed by atoms with Crippen molar-refractivity contribution in [2.75, 3.05) is 13.2 Å². The highest BCUT2D eigenvalue weighted by Gasteiger charge is 2.01. The van der Waals surface area contributed by atoms with Gasteiger partial charge in [0.2, 0.25) is 0 Å². The molecule has 0 spiro atoms. The monoisotopic (exact) mass is 198 g/mol. The van der Waals surface area contributed by atoms with Crippen LogP contribution >= 0.6 is 0 Å². The molecule has 14 heavy (non-hydrogen) atoms. The molecule has 0 aromatic carbocycles. The molecule has 0 aliphatic carbocycles. The van der Waals surface area contributed by atoms with Gasteiger partial charge in [0.25, 0.3) is 0 Å². The van der Waals surface area contributed by atoms with Crippen LogP contribution in [-0.2, 0) is 14.3 Å². The van der Waals surface area contributed by atoms with E-state index in [-0.39, 0.29) is 11.6 Å². The summed E-state index contributed by atoms with van der Waals surface area (Å²) in [6.07, 6.45) is 1.67. The summed E-state index contributed by atoms with van der Waals surface area (Å²) in [5, 5.41) is 0. The van der Waals surface area contributed by atoms with Crippen LogP contribution in [0.25, 0.3) is 0 Å². The number of rotatable bonds is 8. The van der Waals surface area contributed by atoms with Crippen molar-refractivity contribution >= 4 is 11.6 Å². The minimum absolute atomic E-state index is 0.0385. The average molecular weight is 198 g/mol. The molecule has 0 aliphatic heterocycles. The minimum atomic E-state index is 0.0385. The number of carbonyl (C=O) groups is 2. The minimum Gasteiger partial charge on any atom is -0.381 e. The summed E-state index contributed by atoms with van der Waals surface area (Å²) in [7, 11) is 0. The second kappa shape index (κ2) is 7.44. The van der Waals surface area contributed by atoms with Gasteiger partial charge in [-0.1, -0.05) is 6.58 Å². The van der Waals surface area contributed by atoms with Gasteiger partial charge in [-0.3, -0.25) is 4.79 Å². The van der Waals surface area contributed by atoms with Crippen molar-refractivity contribution in [2.24, 2.45) is 0 Å². The van der Waals surface area contributed by atoms with Gasteiger partial charge in [0, 0.05) is 19.4 Å². The van der Waals surface area contributed by atoms with Gasteiger partial charge in [-0.05, 0) is 25.8 Å². The topological polar surface area (TPSA) is 43.4 Å². The van der Waals surface area contributed by atoms with Crippen molar-refractivity contribution in [3.05, 3.63) is 12.2 Å². The van der Waals surface area contributed by atoms with E-state index in [0.717, 1.165) is 6.42 Å². The number of hydrogen-bond donors (Lipinski definition) is 0. The van der Waals surface area contributed by atoms with E-state index in [4.69, 9.17) is 4.74 Å². The summed E-state index contributed by atoms with van der Waals surface area (Å²) in [4.78, 5) is 21.6. The SMILES string of the molecule is C=C(C)C(=O)CCOCCCC(C)=O. The van der Waals surface area contributed by atoms with Crippen LogP contribution < -0.4 is 0 Å². The molecule has 0 amide bonds. The first kappa shape index (κ1) is 13.0. The summed E-state index contributed by atoms with van der Waals surface area (Å²) < 4.78 is 5.19. The Labute approximate surface area is 85.1 Å². The van der Waals surface area contributed by atoms with E-state index in [1.807, 2.05) is 0 Å². The zero-order valence-electron chi connectivity index (χ0n) is 8.97. The Morgan fingerprint density at radius 1 is 1.14 bits per heavy atom. The maximum absolute atomic E-state index is 11.1.